The molecule has 5 nitrogen and oxygen atoms in total. The molecule has 0 aliphatic rings. The van der Waals surface area contributed by atoms with E-state index in [2.05, 4.69) is 9.84 Å². The van der Waals surface area contributed by atoms with Crippen LogP contribution in [0.4, 0.5) is 0 Å². The third-order valence-corrected chi connectivity index (χ3v) is 2.18. The van der Waals surface area contributed by atoms with Crippen LogP contribution in [0.25, 0.3) is 0 Å². The van der Waals surface area contributed by atoms with Crippen LogP contribution in [-0.4, -0.2) is 28.9 Å². The lowest BCUT2D eigenvalue weighted by Crippen LogP contribution is -2.39. The van der Waals surface area contributed by atoms with E-state index >= 15 is 0 Å². The van der Waals surface area contributed by atoms with Crippen LogP contribution in [0.5, 0.6) is 0 Å². The zero-order chi connectivity index (χ0) is 10.7. The van der Waals surface area contributed by atoms with Crippen molar-refractivity contribution in [2.24, 2.45) is 5.73 Å². The van der Waals surface area contributed by atoms with Crippen LogP contribution in [0.2, 0.25) is 5.02 Å². The lowest BCUT2D eigenvalue weighted by atomic mass is 10.1. The highest BCUT2D eigenvalue weighted by Gasteiger charge is 2.23. The monoisotopic (exact) mass is 217 g/mol. The normalized spacial score (nSPS) is 14.9. The molecule has 78 valence electrons. The van der Waals surface area contributed by atoms with E-state index in [0.29, 0.717) is 5.02 Å². The first-order valence-corrected chi connectivity index (χ1v) is 4.47. The van der Waals surface area contributed by atoms with Gasteiger partial charge in [-0.15, -0.1) is 0 Å². The van der Waals surface area contributed by atoms with Gasteiger partial charge in [0.15, 0.2) is 0 Å². The van der Waals surface area contributed by atoms with Crippen molar-refractivity contribution in [3.05, 3.63) is 17.4 Å². The van der Waals surface area contributed by atoms with Crippen LogP contribution in [0.3, 0.4) is 0 Å². The fourth-order valence-corrected chi connectivity index (χ4v) is 1.18. The number of halogens is 1. The van der Waals surface area contributed by atoms with Crippen molar-refractivity contribution in [1.82, 2.24) is 9.78 Å². The van der Waals surface area contributed by atoms with Gasteiger partial charge in [0.1, 0.15) is 6.04 Å². The maximum absolute atomic E-state index is 11.1. The van der Waals surface area contributed by atoms with E-state index in [4.69, 9.17) is 17.3 Å². The Labute approximate surface area is 86.8 Å². The summed E-state index contributed by atoms with van der Waals surface area (Å²) in [6.07, 6.45) is 3.09. The third-order valence-electron chi connectivity index (χ3n) is 1.98. The van der Waals surface area contributed by atoms with Gasteiger partial charge in [0.2, 0.25) is 0 Å². The molecular formula is C8H12ClN3O2. The molecule has 1 aromatic heterocycles. The Balaban J connectivity index is 2.74. The standard InChI is InChI=1S/C8H12ClN3O2/c1-5(7(10)8(13)14-2)12-4-6(9)3-11-12/h3-5,7H,10H2,1-2H3. The molecule has 0 saturated heterocycles. The Morgan fingerprint density at radius 2 is 2.43 bits per heavy atom. The number of esters is 1. The second kappa shape index (κ2) is 4.43. The van der Waals surface area contributed by atoms with Crippen LogP contribution in [0.1, 0.15) is 13.0 Å². The SMILES string of the molecule is COC(=O)C(N)C(C)n1cc(Cl)cn1. The molecule has 0 aliphatic carbocycles. The number of ether oxygens (including phenoxy) is 1. The Hall–Kier alpha value is -1.07. The maximum Gasteiger partial charge on any atom is 0.324 e. The average molecular weight is 218 g/mol. The Morgan fingerprint density at radius 3 is 2.86 bits per heavy atom. The van der Waals surface area contributed by atoms with Gasteiger partial charge in [0, 0.05) is 6.20 Å². The van der Waals surface area contributed by atoms with Crippen molar-refractivity contribution >= 4 is 17.6 Å². The highest BCUT2D eigenvalue weighted by molar-refractivity contribution is 6.30. The van der Waals surface area contributed by atoms with Crippen molar-refractivity contribution < 1.29 is 9.53 Å². The van der Waals surface area contributed by atoms with Gasteiger partial charge in [-0.05, 0) is 6.92 Å². The topological polar surface area (TPSA) is 70.1 Å². The highest BCUT2D eigenvalue weighted by atomic mass is 35.5. The van der Waals surface area contributed by atoms with E-state index in [1.807, 2.05) is 0 Å². The number of carbonyl (C=O) groups is 1. The summed E-state index contributed by atoms with van der Waals surface area (Å²) in [5, 5.41) is 4.46. The predicted molar refractivity (Wildman–Crippen MR) is 51.9 cm³/mol. The van der Waals surface area contributed by atoms with E-state index in [9.17, 15) is 4.79 Å². The van der Waals surface area contributed by atoms with E-state index in [-0.39, 0.29) is 6.04 Å². The smallest absolute Gasteiger partial charge is 0.324 e. The first kappa shape index (κ1) is 11.0. The van der Waals surface area contributed by atoms with Crippen LogP contribution in [-0.2, 0) is 9.53 Å². The van der Waals surface area contributed by atoms with Crippen molar-refractivity contribution in [1.29, 1.82) is 0 Å². The molecule has 1 aromatic rings. The molecule has 1 rings (SSSR count). The number of rotatable bonds is 3. The largest absolute Gasteiger partial charge is 0.468 e. The van der Waals surface area contributed by atoms with E-state index < -0.39 is 12.0 Å². The zero-order valence-electron chi connectivity index (χ0n) is 7.98. The van der Waals surface area contributed by atoms with Crippen molar-refractivity contribution in [2.45, 2.75) is 19.0 Å². The van der Waals surface area contributed by atoms with Gasteiger partial charge in [-0.3, -0.25) is 9.48 Å². The van der Waals surface area contributed by atoms with Crippen LogP contribution < -0.4 is 5.73 Å². The lowest BCUT2D eigenvalue weighted by Gasteiger charge is -2.17. The molecule has 0 bridgehead atoms. The van der Waals surface area contributed by atoms with Crippen LogP contribution in [0.15, 0.2) is 12.4 Å². The number of nitrogens with two attached hydrogens (primary N) is 1. The predicted octanol–water partition coefficient (Wildman–Crippen LogP) is 0.598. The number of methoxy groups -OCH3 is 1. The summed E-state index contributed by atoms with van der Waals surface area (Å²) in [7, 11) is 1.30. The quantitative estimate of drug-likeness (QED) is 0.753. The maximum atomic E-state index is 11.1. The molecule has 14 heavy (non-hydrogen) atoms. The number of aromatic nitrogens is 2. The van der Waals surface area contributed by atoms with Gasteiger partial charge < -0.3 is 10.5 Å². The fraction of sp³-hybridized carbons (Fsp3) is 0.500. The summed E-state index contributed by atoms with van der Waals surface area (Å²) in [6.45, 7) is 1.77. The first-order chi connectivity index (χ1) is 6.56. The van der Waals surface area contributed by atoms with Gasteiger partial charge in [0.05, 0.1) is 24.4 Å². The zero-order valence-corrected chi connectivity index (χ0v) is 8.73. The molecule has 2 atom stereocenters. The van der Waals surface area contributed by atoms with E-state index in [1.54, 1.807) is 13.1 Å². The highest BCUT2D eigenvalue weighted by Crippen LogP contribution is 2.13. The van der Waals surface area contributed by atoms with Crippen molar-refractivity contribution in [2.75, 3.05) is 7.11 Å². The Morgan fingerprint density at radius 1 is 1.79 bits per heavy atom. The van der Waals surface area contributed by atoms with Gasteiger partial charge in [-0.25, -0.2) is 0 Å². The summed E-state index contributed by atoms with van der Waals surface area (Å²) < 4.78 is 6.06. The van der Waals surface area contributed by atoms with E-state index in [1.165, 1.54) is 18.0 Å². The number of carbonyl (C=O) groups excluding carboxylic acids is 1. The minimum Gasteiger partial charge on any atom is -0.468 e. The molecule has 0 spiro atoms. The molecule has 6 heteroatoms. The summed E-state index contributed by atoms with van der Waals surface area (Å²) in [5.74, 6) is -0.468. The average Bonchev–Trinajstić information content (AvgIpc) is 2.61. The van der Waals surface area contributed by atoms with Crippen LogP contribution >= 0.6 is 11.6 Å². The first-order valence-electron chi connectivity index (χ1n) is 4.09. The summed E-state index contributed by atoms with van der Waals surface area (Å²) >= 11 is 5.68. The Kier molecular flexibility index (Phi) is 3.49. The molecule has 0 amide bonds. The molecular weight excluding hydrogens is 206 g/mol. The van der Waals surface area contributed by atoms with Gasteiger partial charge in [0.25, 0.3) is 0 Å². The summed E-state index contributed by atoms with van der Waals surface area (Å²) in [5.41, 5.74) is 5.63. The number of hydrogen-bond acceptors (Lipinski definition) is 4. The second-order valence-corrected chi connectivity index (χ2v) is 3.36. The number of nitrogens with zero attached hydrogens (tertiary/aromatic N) is 2. The van der Waals surface area contributed by atoms with Gasteiger partial charge >= 0.3 is 5.97 Å². The lowest BCUT2D eigenvalue weighted by molar-refractivity contribution is -0.143. The molecule has 0 aliphatic heterocycles. The molecule has 2 N–H and O–H groups in total. The molecule has 2 unspecified atom stereocenters. The third kappa shape index (κ3) is 2.24. The molecule has 0 aromatic carbocycles. The van der Waals surface area contributed by atoms with Gasteiger partial charge in [-0.2, -0.15) is 5.10 Å². The van der Waals surface area contributed by atoms with Gasteiger partial charge in [-0.1, -0.05) is 11.6 Å². The fourth-order valence-electron chi connectivity index (χ4n) is 1.04. The van der Waals surface area contributed by atoms with Crippen molar-refractivity contribution in [3.8, 4) is 0 Å². The van der Waals surface area contributed by atoms with Crippen LogP contribution in [0, 0.1) is 0 Å². The summed E-state index contributed by atoms with van der Waals surface area (Å²) in [6, 6.07) is -1.02. The second-order valence-electron chi connectivity index (χ2n) is 2.93. The minimum absolute atomic E-state index is 0.282. The molecule has 0 radical (unpaired) electrons. The number of hydrogen-bond donors (Lipinski definition) is 1. The molecule has 0 saturated carbocycles. The Bertz CT molecular complexity index is 326. The minimum atomic E-state index is -0.740. The van der Waals surface area contributed by atoms with Crippen molar-refractivity contribution in [3.63, 3.8) is 0 Å². The summed E-state index contributed by atoms with van der Waals surface area (Å²) in [4.78, 5) is 11.1. The van der Waals surface area contributed by atoms with E-state index in [0.717, 1.165) is 0 Å². The molecule has 1 heterocycles. The molecule has 0 fully saturated rings.